The second-order valence-electron chi connectivity index (χ2n) is 5.35. The van der Waals surface area contributed by atoms with Crippen LogP contribution in [-0.2, 0) is 19.9 Å². The number of hydrogen-bond acceptors (Lipinski definition) is 5. The van der Waals surface area contributed by atoms with Gasteiger partial charge >= 0.3 is 0 Å². The van der Waals surface area contributed by atoms with Crippen molar-refractivity contribution in [2.24, 2.45) is 0 Å². The molecule has 0 atom stereocenters. The van der Waals surface area contributed by atoms with E-state index < -0.39 is 19.9 Å². The van der Waals surface area contributed by atoms with E-state index in [0.29, 0.717) is 19.1 Å². The Kier molecular flexibility index (Phi) is 5.26. The molecule has 1 saturated heterocycles. The van der Waals surface area contributed by atoms with Gasteiger partial charge in [-0.3, -0.25) is 0 Å². The molecule has 1 aromatic carbocycles. The van der Waals surface area contributed by atoms with Crippen molar-refractivity contribution in [1.82, 2.24) is 9.62 Å². The van der Waals surface area contributed by atoms with Gasteiger partial charge in [0.1, 0.15) is 0 Å². The lowest BCUT2D eigenvalue weighted by Gasteiger charge is -2.31. The quantitative estimate of drug-likeness (QED) is 0.855. The highest BCUT2D eigenvalue weighted by atomic mass is 32.2. The average molecular weight is 346 g/mol. The molecule has 1 aliphatic rings. The fraction of sp³-hybridized carbons (Fsp3) is 0.571. The molecule has 1 N–H and O–H groups in total. The van der Waals surface area contributed by atoms with Crippen LogP contribution in [0.2, 0.25) is 0 Å². The zero-order valence-corrected chi connectivity index (χ0v) is 14.5. The van der Waals surface area contributed by atoms with Crippen molar-refractivity contribution in [1.29, 1.82) is 0 Å². The van der Waals surface area contributed by atoms with Crippen LogP contribution in [0.5, 0.6) is 0 Å². The van der Waals surface area contributed by atoms with Crippen LogP contribution in [0, 0.1) is 0 Å². The van der Waals surface area contributed by atoms with E-state index in [-0.39, 0.29) is 15.5 Å². The molecule has 0 aromatic heterocycles. The minimum absolute atomic E-state index is 0.0462. The molecule has 1 aliphatic heterocycles. The van der Waals surface area contributed by atoms with Crippen LogP contribution in [0.25, 0.3) is 0 Å². The van der Waals surface area contributed by atoms with Crippen molar-refractivity contribution in [2.75, 3.05) is 25.9 Å². The van der Waals surface area contributed by atoms with Crippen molar-refractivity contribution in [3.05, 3.63) is 24.3 Å². The molecule has 0 aliphatic carbocycles. The lowest BCUT2D eigenvalue weighted by molar-refractivity contribution is 0.298. The summed E-state index contributed by atoms with van der Waals surface area (Å²) in [6.07, 6.45) is 1.51. The van der Waals surface area contributed by atoms with Gasteiger partial charge in [0.05, 0.1) is 15.5 Å². The summed E-state index contributed by atoms with van der Waals surface area (Å²) < 4.78 is 50.6. The first-order chi connectivity index (χ1) is 10.3. The van der Waals surface area contributed by atoms with E-state index in [1.165, 1.54) is 28.6 Å². The zero-order chi connectivity index (χ0) is 16.4. The van der Waals surface area contributed by atoms with Crippen molar-refractivity contribution < 1.29 is 16.8 Å². The van der Waals surface area contributed by atoms with Gasteiger partial charge in [-0.2, -0.15) is 4.31 Å². The second-order valence-corrected chi connectivity index (χ2v) is 9.56. The van der Waals surface area contributed by atoms with E-state index in [9.17, 15) is 16.8 Å². The van der Waals surface area contributed by atoms with E-state index in [1.54, 1.807) is 6.92 Å². The van der Waals surface area contributed by atoms with Gasteiger partial charge in [-0.25, -0.2) is 16.8 Å². The summed E-state index contributed by atoms with van der Waals surface area (Å²) in [6.45, 7) is 2.43. The molecule has 1 fully saturated rings. The second kappa shape index (κ2) is 6.66. The number of nitrogens with zero attached hydrogens (tertiary/aromatic N) is 1. The Morgan fingerprint density at radius 1 is 1.14 bits per heavy atom. The summed E-state index contributed by atoms with van der Waals surface area (Å²) in [4.78, 5) is 0.103. The third-order valence-corrected chi connectivity index (χ3v) is 7.67. The first-order valence-electron chi connectivity index (χ1n) is 7.31. The van der Waals surface area contributed by atoms with E-state index in [1.807, 2.05) is 7.05 Å². The Labute approximate surface area is 132 Å². The highest BCUT2D eigenvalue weighted by Gasteiger charge is 2.29. The Hall–Kier alpha value is -0.960. The van der Waals surface area contributed by atoms with Crippen molar-refractivity contribution in [3.63, 3.8) is 0 Å². The highest BCUT2D eigenvalue weighted by Crippen LogP contribution is 2.23. The minimum Gasteiger partial charge on any atom is -0.317 e. The molecule has 1 heterocycles. The molecule has 22 heavy (non-hydrogen) atoms. The number of nitrogens with one attached hydrogen (secondary N) is 1. The largest absolute Gasteiger partial charge is 0.317 e. The lowest BCUT2D eigenvalue weighted by Crippen LogP contribution is -2.43. The number of piperidine rings is 1. The fourth-order valence-electron chi connectivity index (χ4n) is 2.53. The summed E-state index contributed by atoms with van der Waals surface area (Å²) >= 11 is 0. The maximum Gasteiger partial charge on any atom is 0.243 e. The van der Waals surface area contributed by atoms with E-state index in [0.717, 1.165) is 12.8 Å². The van der Waals surface area contributed by atoms with Crippen LogP contribution >= 0.6 is 0 Å². The number of rotatable bonds is 5. The highest BCUT2D eigenvalue weighted by molar-refractivity contribution is 7.91. The summed E-state index contributed by atoms with van der Waals surface area (Å²) in [5.41, 5.74) is 0. The predicted octanol–water partition coefficient (Wildman–Crippen LogP) is 0.853. The molecule has 0 bridgehead atoms. The van der Waals surface area contributed by atoms with Gasteiger partial charge in [0, 0.05) is 19.1 Å². The van der Waals surface area contributed by atoms with Gasteiger partial charge in [0.2, 0.25) is 10.0 Å². The van der Waals surface area contributed by atoms with Crippen LogP contribution in [0.3, 0.4) is 0 Å². The van der Waals surface area contributed by atoms with Crippen molar-refractivity contribution >= 4 is 19.9 Å². The Balaban J connectivity index is 2.29. The molecule has 6 nitrogen and oxygen atoms in total. The topological polar surface area (TPSA) is 83.5 Å². The number of sulfone groups is 1. The molecule has 0 saturated carbocycles. The van der Waals surface area contributed by atoms with Crippen LogP contribution < -0.4 is 5.32 Å². The zero-order valence-electron chi connectivity index (χ0n) is 12.8. The maximum atomic E-state index is 12.7. The third kappa shape index (κ3) is 3.51. The van der Waals surface area contributed by atoms with Crippen molar-refractivity contribution in [2.45, 2.75) is 35.6 Å². The molecule has 0 amide bonds. The summed E-state index contributed by atoms with van der Waals surface area (Å²) in [5, 5.41) is 3.15. The van der Waals surface area contributed by atoms with Crippen LogP contribution in [0.4, 0.5) is 0 Å². The summed E-state index contributed by atoms with van der Waals surface area (Å²) in [5.74, 6) is -0.0515. The Bertz CT molecular complexity index is 721. The van der Waals surface area contributed by atoms with Gasteiger partial charge in [-0.1, -0.05) is 13.0 Å². The predicted molar refractivity (Wildman–Crippen MR) is 85.0 cm³/mol. The lowest BCUT2D eigenvalue weighted by atomic mass is 10.1. The molecular weight excluding hydrogens is 324 g/mol. The van der Waals surface area contributed by atoms with E-state index in [2.05, 4.69) is 5.32 Å². The van der Waals surface area contributed by atoms with Gasteiger partial charge < -0.3 is 5.32 Å². The van der Waals surface area contributed by atoms with Crippen LogP contribution in [-0.4, -0.2) is 53.1 Å². The molecule has 8 heteroatoms. The number of sulfonamides is 1. The normalized spacial score (nSPS) is 18.5. The molecule has 0 spiro atoms. The molecule has 2 rings (SSSR count). The number of hydrogen-bond donors (Lipinski definition) is 1. The third-order valence-electron chi connectivity index (χ3n) is 4.04. The molecule has 124 valence electrons. The minimum atomic E-state index is -3.64. The molecule has 0 radical (unpaired) electrons. The van der Waals surface area contributed by atoms with Gasteiger partial charge in [-0.05, 0) is 38.1 Å². The SMILES string of the molecule is CCS(=O)(=O)c1cccc(S(=O)(=O)N2CCC(NC)CC2)c1. The monoisotopic (exact) mass is 346 g/mol. The van der Waals surface area contributed by atoms with Gasteiger partial charge in [0.25, 0.3) is 0 Å². The fourth-order valence-corrected chi connectivity index (χ4v) is 5.05. The average Bonchev–Trinajstić information content (AvgIpc) is 2.55. The molecule has 0 unspecified atom stereocenters. The smallest absolute Gasteiger partial charge is 0.243 e. The summed E-state index contributed by atoms with van der Waals surface area (Å²) in [6, 6.07) is 5.96. The first-order valence-corrected chi connectivity index (χ1v) is 10.4. The van der Waals surface area contributed by atoms with Crippen molar-refractivity contribution in [3.8, 4) is 0 Å². The molecular formula is C14H22N2O4S2. The Morgan fingerprint density at radius 3 is 2.27 bits per heavy atom. The summed E-state index contributed by atoms with van der Waals surface area (Å²) in [7, 11) is -5.19. The van der Waals surface area contributed by atoms with Gasteiger partial charge in [-0.15, -0.1) is 0 Å². The van der Waals surface area contributed by atoms with E-state index >= 15 is 0 Å². The van der Waals surface area contributed by atoms with Gasteiger partial charge in [0.15, 0.2) is 9.84 Å². The van der Waals surface area contributed by atoms with Crippen LogP contribution in [0.15, 0.2) is 34.1 Å². The standard InChI is InChI=1S/C14H22N2O4S2/c1-3-21(17,18)13-5-4-6-14(11-13)22(19,20)16-9-7-12(15-2)8-10-16/h4-6,11-12,15H,3,7-10H2,1-2H3. The Morgan fingerprint density at radius 2 is 1.73 bits per heavy atom. The van der Waals surface area contributed by atoms with Crippen LogP contribution in [0.1, 0.15) is 19.8 Å². The molecule has 1 aromatic rings. The maximum absolute atomic E-state index is 12.7. The van der Waals surface area contributed by atoms with E-state index in [4.69, 9.17) is 0 Å². The first kappa shape index (κ1) is 17.4. The number of benzene rings is 1.